The fourth-order valence-corrected chi connectivity index (χ4v) is 7.83. The zero-order valence-electron chi connectivity index (χ0n) is 19.2. The molecule has 0 bridgehead atoms. The maximum Gasteiger partial charge on any atom is 0.243 e. The molecule has 1 unspecified atom stereocenters. The van der Waals surface area contributed by atoms with Gasteiger partial charge in [0, 0.05) is 30.4 Å². The molecule has 9 heteroatoms. The van der Waals surface area contributed by atoms with E-state index >= 15 is 0 Å². The summed E-state index contributed by atoms with van der Waals surface area (Å²) in [6, 6.07) is 9.68. The summed E-state index contributed by atoms with van der Waals surface area (Å²) >= 11 is 1.36. The summed E-state index contributed by atoms with van der Waals surface area (Å²) in [6.45, 7) is 3.16. The van der Waals surface area contributed by atoms with Crippen molar-refractivity contribution in [1.82, 2.24) is 13.9 Å². The molecule has 2 aliphatic rings. The molecule has 2 aromatic carbocycles. The highest BCUT2D eigenvalue weighted by atomic mass is 32.2. The minimum atomic E-state index is -3.59. The topological polar surface area (TPSA) is 55.2 Å². The molecule has 0 spiro atoms. The van der Waals surface area contributed by atoms with Crippen LogP contribution >= 0.6 is 11.8 Å². The standard InChI is InChI=1S/C25H29F2N3O2S2/c1-17-6-5-13-29(15-17)34(31,32)20-11-12-23-22(14-20)28-25(30(23)19-8-2-3-9-19)33-16-18-7-4-10-21(26)24(18)27/h4,7,10-12,14,17,19H,2-3,5-6,8-9,13,15-16H2,1H3. The lowest BCUT2D eigenvalue weighted by molar-refractivity contribution is 0.281. The average Bonchev–Trinajstić information content (AvgIpc) is 3.47. The van der Waals surface area contributed by atoms with Crippen LogP contribution in [0.5, 0.6) is 0 Å². The molecule has 1 aliphatic carbocycles. The first-order chi connectivity index (χ1) is 16.3. The van der Waals surface area contributed by atoms with E-state index in [1.165, 1.54) is 17.8 Å². The maximum atomic E-state index is 14.2. The number of aromatic nitrogens is 2. The number of halogens is 2. The van der Waals surface area contributed by atoms with Gasteiger partial charge in [0.1, 0.15) is 0 Å². The Hall–Kier alpha value is -1.97. The Kier molecular flexibility index (Phi) is 6.70. The Morgan fingerprint density at radius 3 is 2.65 bits per heavy atom. The van der Waals surface area contributed by atoms with E-state index in [1.54, 1.807) is 22.5 Å². The van der Waals surface area contributed by atoms with Crippen molar-refractivity contribution in [3.8, 4) is 0 Å². The van der Waals surface area contributed by atoms with E-state index < -0.39 is 21.7 Å². The van der Waals surface area contributed by atoms with Crippen LogP contribution in [0.3, 0.4) is 0 Å². The lowest BCUT2D eigenvalue weighted by Crippen LogP contribution is -2.39. The monoisotopic (exact) mass is 505 g/mol. The van der Waals surface area contributed by atoms with Crippen LogP contribution < -0.4 is 0 Å². The molecule has 5 nitrogen and oxygen atoms in total. The quantitative estimate of drug-likeness (QED) is 0.378. The Morgan fingerprint density at radius 1 is 1.09 bits per heavy atom. The molecule has 0 N–H and O–H groups in total. The molecule has 182 valence electrons. The third-order valence-electron chi connectivity index (χ3n) is 6.96. The molecular weight excluding hydrogens is 476 g/mol. The summed E-state index contributed by atoms with van der Waals surface area (Å²) in [5.41, 5.74) is 1.80. The SMILES string of the molecule is CC1CCCN(S(=O)(=O)c2ccc3c(c2)nc(SCc2cccc(F)c2F)n3C2CCCC2)C1. The van der Waals surface area contributed by atoms with Crippen molar-refractivity contribution >= 4 is 32.8 Å². The highest BCUT2D eigenvalue weighted by Crippen LogP contribution is 2.38. The Balaban J connectivity index is 1.50. The lowest BCUT2D eigenvalue weighted by Gasteiger charge is -2.30. The van der Waals surface area contributed by atoms with Crippen molar-refractivity contribution in [2.75, 3.05) is 13.1 Å². The van der Waals surface area contributed by atoms with Crippen molar-refractivity contribution in [3.05, 3.63) is 53.6 Å². The molecule has 34 heavy (non-hydrogen) atoms. The fraction of sp³-hybridized carbons (Fsp3) is 0.480. The number of sulfonamides is 1. The van der Waals surface area contributed by atoms with Gasteiger partial charge in [-0.05, 0) is 55.9 Å². The molecule has 3 aromatic rings. The van der Waals surface area contributed by atoms with Crippen molar-refractivity contribution in [2.45, 2.75) is 67.3 Å². The average molecular weight is 506 g/mol. The fourth-order valence-electron chi connectivity index (χ4n) is 5.15. The van der Waals surface area contributed by atoms with E-state index in [9.17, 15) is 17.2 Å². The molecule has 1 atom stereocenters. The Labute approximate surface area is 203 Å². The van der Waals surface area contributed by atoms with Crippen LogP contribution in [0, 0.1) is 17.6 Å². The highest BCUT2D eigenvalue weighted by molar-refractivity contribution is 7.98. The van der Waals surface area contributed by atoms with Gasteiger partial charge in [0.25, 0.3) is 0 Å². The predicted octanol–water partition coefficient (Wildman–Crippen LogP) is 6.14. The number of rotatable bonds is 6. The smallest absolute Gasteiger partial charge is 0.243 e. The second kappa shape index (κ2) is 9.59. The van der Waals surface area contributed by atoms with E-state index in [1.807, 2.05) is 6.07 Å². The van der Waals surface area contributed by atoms with Gasteiger partial charge < -0.3 is 4.57 Å². The molecule has 1 aromatic heterocycles. The molecule has 1 saturated carbocycles. The molecular formula is C25H29F2N3O2S2. The van der Waals surface area contributed by atoms with Crippen LogP contribution in [-0.2, 0) is 15.8 Å². The third kappa shape index (κ3) is 4.50. The molecule has 2 fully saturated rings. The minimum Gasteiger partial charge on any atom is -0.316 e. The Bertz CT molecular complexity index is 1300. The van der Waals surface area contributed by atoms with Gasteiger partial charge in [-0.25, -0.2) is 22.2 Å². The predicted molar refractivity (Wildman–Crippen MR) is 130 cm³/mol. The van der Waals surface area contributed by atoms with Crippen LogP contribution in [0.1, 0.15) is 57.1 Å². The molecule has 2 heterocycles. The van der Waals surface area contributed by atoms with Gasteiger partial charge >= 0.3 is 0 Å². The van der Waals surface area contributed by atoms with Gasteiger partial charge in [-0.15, -0.1) is 0 Å². The maximum absolute atomic E-state index is 14.2. The lowest BCUT2D eigenvalue weighted by atomic mass is 10.0. The van der Waals surface area contributed by atoms with Gasteiger partial charge in [0.15, 0.2) is 16.8 Å². The Morgan fingerprint density at radius 2 is 1.88 bits per heavy atom. The number of piperidine rings is 1. The summed E-state index contributed by atoms with van der Waals surface area (Å²) < 4.78 is 58.3. The van der Waals surface area contributed by atoms with Gasteiger partial charge in [0.2, 0.25) is 10.0 Å². The summed E-state index contributed by atoms with van der Waals surface area (Å²) in [6.07, 6.45) is 6.23. The largest absolute Gasteiger partial charge is 0.316 e. The van der Waals surface area contributed by atoms with Crippen molar-refractivity contribution in [3.63, 3.8) is 0 Å². The molecule has 1 aliphatic heterocycles. The van der Waals surface area contributed by atoms with E-state index in [4.69, 9.17) is 4.98 Å². The van der Waals surface area contributed by atoms with Crippen molar-refractivity contribution in [2.24, 2.45) is 5.92 Å². The first-order valence-electron chi connectivity index (χ1n) is 11.9. The minimum absolute atomic E-state index is 0.246. The summed E-state index contributed by atoms with van der Waals surface area (Å²) in [5, 5.41) is 0.715. The number of fused-ring (bicyclic) bond motifs is 1. The van der Waals surface area contributed by atoms with Crippen molar-refractivity contribution in [1.29, 1.82) is 0 Å². The van der Waals surface area contributed by atoms with Crippen LogP contribution in [0.15, 0.2) is 46.5 Å². The zero-order valence-corrected chi connectivity index (χ0v) is 20.8. The molecule has 5 rings (SSSR count). The van der Waals surface area contributed by atoms with E-state index in [2.05, 4.69) is 11.5 Å². The second-order valence-electron chi connectivity index (χ2n) is 9.47. The number of hydrogen-bond donors (Lipinski definition) is 0. The van der Waals surface area contributed by atoms with Crippen LogP contribution in [0.4, 0.5) is 8.78 Å². The first kappa shape index (κ1) is 23.8. The molecule has 0 radical (unpaired) electrons. The van der Waals surface area contributed by atoms with Gasteiger partial charge in [-0.3, -0.25) is 0 Å². The second-order valence-corrected chi connectivity index (χ2v) is 12.3. The van der Waals surface area contributed by atoms with Crippen molar-refractivity contribution < 1.29 is 17.2 Å². The summed E-state index contributed by atoms with van der Waals surface area (Å²) in [7, 11) is -3.59. The number of hydrogen-bond acceptors (Lipinski definition) is 4. The summed E-state index contributed by atoms with van der Waals surface area (Å²) in [5.74, 6) is -1.09. The summed E-state index contributed by atoms with van der Waals surface area (Å²) in [4.78, 5) is 5.05. The highest BCUT2D eigenvalue weighted by Gasteiger charge is 2.30. The van der Waals surface area contributed by atoms with E-state index in [-0.39, 0.29) is 22.3 Å². The number of benzene rings is 2. The number of thioether (sulfide) groups is 1. The normalized spacial score (nSPS) is 20.4. The molecule has 1 saturated heterocycles. The third-order valence-corrected chi connectivity index (χ3v) is 9.83. The van der Waals surface area contributed by atoms with E-state index in [0.717, 1.165) is 50.1 Å². The van der Waals surface area contributed by atoms with Gasteiger partial charge in [-0.2, -0.15) is 4.31 Å². The van der Waals surface area contributed by atoms with Gasteiger partial charge in [0.05, 0.1) is 15.9 Å². The van der Waals surface area contributed by atoms with Crippen LogP contribution in [0.25, 0.3) is 11.0 Å². The van der Waals surface area contributed by atoms with Crippen LogP contribution in [0.2, 0.25) is 0 Å². The first-order valence-corrected chi connectivity index (χ1v) is 14.3. The van der Waals surface area contributed by atoms with E-state index in [0.29, 0.717) is 29.7 Å². The number of nitrogens with zero attached hydrogens (tertiary/aromatic N) is 3. The molecule has 0 amide bonds. The zero-order chi connectivity index (χ0) is 23.9. The number of imidazole rings is 1. The van der Waals surface area contributed by atoms with Gasteiger partial charge in [-0.1, -0.05) is 43.7 Å². The van der Waals surface area contributed by atoms with Crippen LogP contribution in [-0.4, -0.2) is 35.4 Å².